The molecule has 0 radical (unpaired) electrons. The van der Waals surface area contributed by atoms with Gasteiger partial charge in [0.15, 0.2) is 11.6 Å². The first-order valence-electron chi connectivity index (χ1n) is 4.96. The zero-order valence-corrected chi connectivity index (χ0v) is 9.70. The van der Waals surface area contributed by atoms with Crippen LogP contribution < -0.4 is 0 Å². The SMILES string of the molecule is Cc1nc(C)c(-c2nc(C(F)(F)F)c(C(=O)O)o2)o1. The van der Waals surface area contributed by atoms with Crippen LogP contribution >= 0.6 is 0 Å². The molecule has 2 aromatic rings. The van der Waals surface area contributed by atoms with Crippen molar-refractivity contribution in [3.63, 3.8) is 0 Å². The minimum absolute atomic E-state index is 0.129. The fraction of sp³-hybridized carbons (Fsp3) is 0.300. The van der Waals surface area contributed by atoms with Crippen LogP contribution in [0.3, 0.4) is 0 Å². The van der Waals surface area contributed by atoms with E-state index in [2.05, 4.69) is 14.4 Å². The Hall–Kier alpha value is -2.32. The molecule has 0 aromatic carbocycles. The molecule has 102 valence electrons. The highest BCUT2D eigenvalue weighted by atomic mass is 19.4. The average Bonchev–Trinajstić information content (AvgIpc) is 2.80. The van der Waals surface area contributed by atoms with Crippen LogP contribution in [0.5, 0.6) is 0 Å². The second kappa shape index (κ2) is 4.11. The predicted octanol–water partition coefficient (Wildman–Crippen LogP) is 2.66. The normalized spacial score (nSPS) is 11.8. The van der Waals surface area contributed by atoms with Gasteiger partial charge in [-0.05, 0) is 6.92 Å². The standard InChI is InChI=1S/C10H7F3N2O4/c1-3-5(18-4(2)14-3)8-15-7(10(11,12)13)6(19-8)9(16)17/h1-2H3,(H,16,17). The maximum absolute atomic E-state index is 12.6. The Bertz CT molecular complexity index is 642. The molecule has 0 atom stereocenters. The van der Waals surface area contributed by atoms with Crippen LogP contribution in [0.1, 0.15) is 27.8 Å². The molecule has 0 saturated heterocycles. The van der Waals surface area contributed by atoms with E-state index in [1.165, 1.54) is 13.8 Å². The van der Waals surface area contributed by atoms with Gasteiger partial charge >= 0.3 is 12.1 Å². The minimum Gasteiger partial charge on any atom is -0.475 e. The first-order chi connectivity index (χ1) is 8.70. The third-order valence-electron chi connectivity index (χ3n) is 2.19. The number of carboxylic acid groups (broad SMARTS) is 1. The van der Waals surface area contributed by atoms with E-state index in [0.29, 0.717) is 0 Å². The van der Waals surface area contributed by atoms with Gasteiger partial charge in [-0.3, -0.25) is 0 Å². The van der Waals surface area contributed by atoms with E-state index in [1.54, 1.807) is 0 Å². The summed E-state index contributed by atoms with van der Waals surface area (Å²) in [5.74, 6) is -3.63. The van der Waals surface area contributed by atoms with Gasteiger partial charge in [-0.15, -0.1) is 0 Å². The second-order valence-corrected chi connectivity index (χ2v) is 3.65. The number of aryl methyl sites for hydroxylation is 2. The maximum atomic E-state index is 12.6. The Labute approximate surface area is 103 Å². The number of hydrogen-bond donors (Lipinski definition) is 1. The van der Waals surface area contributed by atoms with Crippen molar-refractivity contribution in [3.05, 3.63) is 23.0 Å². The Morgan fingerprint density at radius 2 is 1.84 bits per heavy atom. The van der Waals surface area contributed by atoms with Crippen molar-refractivity contribution in [1.29, 1.82) is 0 Å². The molecule has 1 N–H and O–H groups in total. The van der Waals surface area contributed by atoms with E-state index in [-0.39, 0.29) is 17.3 Å². The van der Waals surface area contributed by atoms with Gasteiger partial charge in [-0.1, -0.05) is 0 Å². The molecule has 6 nitrogen and oxygen atoms in total. The fourth-order valence-electron chi connectivity index (χ4n) is 1.48. The third kappa shape index (κ3) is 2.30. The number of carbonyl (C=O) groups is 1. The largest absolute Gasteiger partial charge is 0.475 e. The minimum atomic E-state index is -4.93. The van der Waals surface area contributed by atoms with E-state index in [4.69, 9.17) is 9.52 Å². The van der Waals surface area contributed by atoms with Crippen LogP contribution in [0.2, 0.25) is 0 Å². The van der Waals surface area contributed by atoms with Crippen LogP contribution in [0.15, 0.2) is 8.83 Å². The number of alkyl halides is 3. The molecule has 0 spiro atoms. The summed E-state index contributed by atoms with van der Waals surface area (Å²) < 4.78 is 47.5. The molecule has 0 fully saturated rings. The molecule has 2 heterocycles. The lowest BCUT2D eigenvalue weighted by Crippen LogP contribution is -2.11. The molecule has 19 heavy (non-hydrogen) atoms. The number of aromatic nitrogens is 2. The number of aromatic carboxylic acids is 1. The van der Waals surface area contributed by atoms with Gasteiger partial charge in [0.25, 0.3) is 5.89 Å². The number of carboxylic acids is 1. The molecular weight excluding hydrogens is 269 g/mol. The van der Waals surface area contributed by atoms with Crippen LogP contribution in [0, 0.1) is 13.8 Å². The summed E-state index contributed by atoms with van der Waals surface area (Å²) >= 11 is 0. The Morgan fingerprint density at radius 3 is 2.21 bits per heavy atom. The van der Waals surface area contributed by atoms with Crippen molar-refractivity contribution in [2.45, 2.75) is 20.0 Å². The summed E-state index contributed by atoms with van der Waals surface area (Å²) in [6.07, 6.45) is -4.93. The summed E-state index contributed by atoms with van der Waals surface area (Å²) in [4.78, 5) is 17.7. The monoisotopic (exact) mass is 276 g/mol. The van der Waals surface area contributed by atoms with E-state index < -0.39 is 29.5 Å². The van der Waals surface area contributed by atoms with Gasteiger partial charge in [-0.25, -0.2) is 14.8 Å². The van der Waals surface area contributed by atoms with Gasteiger partial charge in [0.2, 0.25) is 11.5 Å². The average molecular weight is 276 g/mol. The topological polar surface area (TPSA) is 89.4 Å². The van der Waals surface area contributed by atoms with Crippen molar-refractivity contribution < 1.29 is 31.9 Å². The zero-order chi connectivity index (χ0) is 14.4. The highest BCUT2D eigenvalue weighted by molar-refractivity contribution is 5.86. The summed E-state index contributed by atoms with van der Waals surface area (Å²) in [7, 11) is 0. The van der Waals surface area contributed by atoms with Crippen molar-refractivity contribution in [1.82, 2.24) is 9.97 Å². The second-order valence-electron chi connectivity index (χ2n) is 3.65. The van der Waals surface area contributed by atoms with Crippen molar-refractivity contribution in [2.75, 3.05) is 0 Å². The Balaban J connectivity index is 2.61. The Morgan fingerprint density at radius 1 is 1.21 bits per heavy atom. The Kier molecular flexibility index (Phi) is 2.84. The highest BCUT2D eigenvalue weighted by Crippen LogP contribution is 2.35. The van der Waals surface area contributed by atoms with Gasteiger partial charge < -0.3 is 13.9 Å². The maximum Gasteiger partial charge on any atom is 0.437 e. The molecule has 0 bridgehead atoms. The van der Waals surface area contributed by atoms with Crippen molar-refractivity contribution in [3.8, 4) is 11.7 Å². The lowest BCUT2D eigenvalue weighted by atomic mass is 10.3. The van der Waals surface area contributed by atoms with Gasteiger partial charge in [0.05, 0.1) is 5.69 Å². The molecule has 0 aliphatic carbocycles. The third-order valence-corrected chi connectivity index (χ3v) is 2.19. The van der Waals surface area contributed by atoms with Gasteiger partial charge in [0.1, 0.15) is 0 Å². The zero-order valence-electron chi connectivity index (χ0n) is 9.70. The number of oxazole rings is 2. The number of hydrogen-bond acceptors (Lipinski definition) is 5. The van der Waals surface area contributed by atoms with E-state index >= 15 is 0 Å². The predicted molar refractivity (Wildman–Crippen MR) is 53.4 cm³/mol. The van der Waals surface area contributed by atoms with Crippen molar-refractivity contribution >= 4 is 5.97 Å². The molecule has 0 unspecified atom stereocenters. The lowest BCUT2D eigenvalue weighted by Gasteiger charge is -2.00. The van der Waals surface area contributed by atoms with Gasteiger partial charge in [0, 0.05) is 6.92 Å². The summed E-state index contributed by atoms with van der Waals surface area (Å²) in [5, 5.41) is 8.68. The van der Waals surface area contributed by atoms with Crippen LogP contribution in [-0.2, 0) is 6.18 Å². The van der Waals surface area contributed by atoms with Crippen molar-refractivity contribution in [2.24, 2.45) is 0 Å². The first kappa shape index (κ1) is 13.1. The van der Waals surface area contributed by atoms with E-state index in [1.807, 2.05) is 0 Å². The number of nitrogens with zero attached hydrogens (tertiary/aromatic N) is 2. The highest BCUT2D eigenvalue weighted by Gasteiger charge is 2.42. The molecule has 0 saturated carbocycles. The fourth-order valence-corrected chi connectivity index (χ4v) is 1.48. The molecule has 0 aliphatic rings. The van der Waals surface area contributed by atoms with Crippen LogP contribution in [0.4, 0.5) is 13.2 Å². The molecule has 2 aromatic heterocycles. The molecule has 0 aliphatic heterocycles. The lowest BCUT2D eigenvalue weighted by molar-refractivity contribution is -0.141. The van der Waals surface area contributed by atoms with E-state index in [9.17, 15) is 18.0 Å². The molecule has 0 amide bonds. The molecular formula is C10H7F3N2O4. The quantitative estimate of drug-likeness (QED) is 0.906. The molecule has 2 rings (SSSR count). The van der Waals surface area contributed by atoms with E-state index in [0.717, 1.165) is 0 Å². The summed E-state index contributed by atoms with van der Waals surface area (Å²) in [5.41, 5.74) is -1.35. The summed E-state index contributed by atoms with van der Waals surface area (Å²) in [6, 6.07) is 0. The smallest absolute Gasteiger partial charge is 0.437 e. The first-order valence-corrected chi connectivity index (χ1v) is 4.96. The molecule has 9 heteroatoms. The number of rotatable bonds is 2. The summed E-state index contributed by atoms with van der Waals surface area (Å²) in [6.45, 7) is 2.96. The van der Waals surface area contributed by atoms with Crippen LogP contribution in [0.25, 0.3) is 11.7 Å². The number of halogens is 3. The van der Waals surface area contributed by atoms with Gasteiger partial charge in [-0.2, -0.15) is 13.2 Å². The van der Waals surface area contributed by atoms with Crippen LogP contribution in [-0.4, -0.2) is 21.0 Å².